The molecule has 44 heavy (non-hydrogen) atoms. The van der Waals surface area contributed by atoms with Gasteiger partial charge in [-0.2, -0.15) is 0 Å². The highest BCUT2D eigenvalue weighted by atomic mass is 16.6. The lowest BCUT2D eigenvalue weighted by molar-refractivity contribution is -0.136. The average molecular weight is 587 g/mol. The average Bonchev–Trinajstić information content (AvgIpc) is 3.05. The molecule has 0 heterocycles. The summed E-state index contributed by atoms with van der Waals surface area (Å²) in [5, 5.41) is 11.4. The number of hydrogen-bond donors (Lipinski definition) is 2. The van der Waals surface area contributed by atoms with Gasteiger partial charge in [-0.05, 0) is 77.4 Å². The van der Waals surface area contributed by atoms with Crippen LogP contribution in [0.1, 0.15) is 22.3 Å². The van der Waals surface area contributed by atoms with Gasteiger partial charge in [0, 0.05) is 17.8 Å². The van der Waals surface area contributed by atoms with Crippen molar-refractivity contribution >= 4 is 23.7 Å². The maximum atomic E-state index is 13.5. The molecule has 2 amide bonds. The first-order valence-corrected chi connectivity index (χ1v) is 14.0. The van der Waals surface area contributed by atoms with Crippen LogP contribution in [0.25, 0.3) is 11.1 Å². The lowest BCUT2D eigenvalue weighted by Crippen LogP contribution is -2.33. The number of carboxylic acids is 1. The van der Waals surface area contributed by atoms with E-state index >= 15 is 0 Å². The highest BCUT2D eigenvalue weighted by Gasteiger charge is 2.20. The van der Waals surface area contributed by atoms with Crippen molar-refractivity contribution in [3.8, 4) is 28.4 Å². The van der Waals surface area contributed by atoms with Gasteiger partial charge < -0.3 is 19.9 Å². The lowest BCUT2D eigenvalue weighted by atomic mass is 10.1. The molecule has 0 saturated heterocycles. The van der Waals surface area contributed by atoms with Crippen LogP contribution in [0.2, 0.25) is 0 Å². The fourth-order valence-electron chi connectivity index (χ4n) is 4.41. The summed E-state index contributed by atoms with van der Waals surface area (Å²) >= 11 is 0. The quantitative estimate of drug-likeness (QED) is 0.166. The number of carbonyl (C=O) groups is 3. The zero-order valence-electron chi connectivity index (χ0n) is 23.8. The predicted molar refractivity (Wildman–Crippen MR) is 168 cm³/mol. The Balaban J connectivity index is 1.33. The summed E-state index contributed by atoms with van der Waals surface area (Å²) in [6.07, 6.45) is -0.772. The van der Waals surface area contributed by atoms with Gasteiger partial charge in [0.1, 0.15) is 17.2 Å². The van der Waals surface area contributed by atoms with Crippen LogP contribution < -0.4 is 19.7 Å². The number of carbonyl (C=O) groups excluding carboxylic acids is 2. The van der Waals surface area contributed by atoms with Gasteiger partial charge in [-0.1, -0.05) is 72.8 Å². The third kappa shape index (κ3) is 8.10. The van der Waals surface area contributed by atoms with Gasteiger partial charge >= 0.3 is 12.1 Å². The minimum atomic E-state index is -0.996. The topological polar surface area (TPSA) is 105 Å². The second kappa shape index (κ2) is 14.3. The number of carboxylic acid groups (broad SMARTS) is 1. The maximum Gasteiger partial charge on any atom is 0.420 e. The molecule has 8 heteroatoms. The molecule has 0 unspecified atom stereocenters. The fourth-order valence-corrected chi connectivity index (χ4v) is 4.41. The predicted octanol–water partition coefficient (Wildman–Crippen LogP) is 7.56. The van der Waals surface area contributed by atoms with Gasteiger partial charge in [0.25, 0.3) is 5.91 Å². The first-order valence-electron chi connectivity index (χ1n) is 14.0. The van der Waals surface area contributed by atoms with E-state index in [4.69, 9.17) is 14.6 Å². The van der Waals surface area contributed by atoms with E-state index in [0.29, 0.717) is 22.7 Å². The normalized spacial score (nSPS) is 10.5. The molecule has 5 aromatic carbocycles. The van der Waals surface area contributed by atoms with E-state index in [1.807, 2.05) is 97.1 Å². The number of ether oxygens (including phenoxy) is 2. The zero-order valence-corrected chi connectivity index (χ0v) is 23.8. The van der Waals surface area contributed by atoms with E-state index in [1.165, 1.54) is 4.90 Å². The molecular formula is C36H30N2O6. The first kappa shape index (κ1) is 29.6. The molecule has 0 saturated carbocycles. The summed E-state index contributed by atoms with van der Waals surface area (Å²) in [7, 11) is 0. The third-order valence-corrected chi connectivity index (χ3v) is 6.70. The van der Waals surface area contributed by atoms with E-state index in [2.05, 4.69) is 5.32 Å². The van der Waals surface area contributed by atoms with Crippen molar-refractivity contribution in [2.75, 3.05) is 11.4 Å². The van der Waals surface area contributed by atoms with Crippen molar-refractivity contribution in [2.24, 2.45) is 0 Å². The molecule has 220 valence electrons. The number of rotatable bonds is 11. The van der Waals surface area contributed by atoms with Crippen molar-refractivity contribution in [2.45, 2.75) is 13.0 Å². The van der Waals surface area contributed by atoms with Crippen LogP contribution in [0.3, 0.4) is 0 Å². The van der Waals surface area contributed by atoms with E-state index in [-0.39, 0.29) is 19.5 Å². The van der Waals surface area contributed by atoms with Crippen LogP contribution in [0, 0.1) is 0 Å². The SMILES string of the molecule is O=C(O)CCNC(=O)c1ccc(N(Cc2ccc(Oc3ccccc3)cc2)C(=O)Oc2ccc(-c3ccccc3)cc2)cc1. The zero-order chi connectivity index (χ0) is 30.7. The van der Waals surface area contributed by atoms with E-state index in [0.717, 1.165) is 22.4 Å². The Morgan fingerprint density at radius 2 is 1.20 bits per heavy atom. The van der Waals surface area contributed by atoms with Gasteiger partial charge in [-0.3, -0.25) is 14.5 Å². The molecule has 2 N–H and O–H groups in total. The van der Waals surface area contributed by atoms with Crippen LogP contribution >= 0.6 is 0 Å². The molecule has 0 aliphatic carbocycles. The number of para-hydroxylation sites is 1. The molecule has 0 atom stereocenters. The summed E-state index contributed by atoms with van der Waals surface area (Å²) in [6, 6.07) is 40.5. The van der Waals surface area contributed by atoms with Crippen molar-refractivity contribution < 1.29 is 29.0 Å². The van der Waals surface area contributed by atoms with E-state index < -0.39 is 18.0 Å². The number of nitrogens with zero attached hydrogens (tertiary/aromatic N) is 1. The van der Waals surface area contributed by atoms with E-state index in [9.17, 15) is 14.4 Å². The van der Waals surface area contributed by atoms with Crippen molar-refractivity contribution in [1.29, 1.82) is 0 Å². The second-order valence-corrected chi connectivity index (χ2v) is 9.85. The lowest BCUT2D eigenvalue weighted by Gasteiger charge is -2.23. The van der Waals surface area contributed by atoms with Gasteiger partial charge in [0.05, 0.1) is 13.0 Å². The van der Waals surface area contributed by atoms with Crippen LogP contribution in [0.15, 0.2) is 133 Å². The largest absolute Gasteiger partial charge is 0.481 e. The number of amides is 2. The maximum absolute atomic E-state index is 13.5. The Kier molecular flexibility index (Phi) is 9.64. The standard InChI is InChI=1S/C36H30N2O6/c39-34(40)23-24-37-35(41)29-13-17-30(18-14-29)38(25-26-11-19-32(20-12-26)43-31-9-5-2-6-10-31)36(42)44-33-21-15-28(16-22-33)27-7-3-1-4-8-27/h1-22H,23-25H2,(H,37,41)(H,39,40). The Hall–Kier alpha value is -5.89. The number of hydrogen-bond acceptors (Lipinski definition) is 5. The van der Waals surface area contributed by atoms with Crippen LogP contribution in [0.5, 0.6) is 17.2 Å². The Morgan fingerprint density at radius 3 is 1.84 bits per heavy atom. The number of nitrogens with one attached hydrogen (secondary N) is 1. The van der Waals surface area contributed by atoms with Crippen LogP contribution in [-0.2, 0) is 11.3 Å². The summed E-state index contributed by atoms with van der Waals surface area (Å²) in [5.41, 5.74) is 3.74. The number of anilines is 1. The second-order valence-electron chi connectivity index (χ2n) is 9.85. The van der Waals surface area contributed by atoms with Crippen LogP contribution in [0.4, 0.5) is 10.5 Å². The van der Waals surface area contributed by atoms with Crippen molar-refractivity contribution in [3.05, 3.63) is 145 Å². The third-order valence-electron chi connectivity index (χ3n) is 6.70. The molecule has 5 rings (SSSR count). The molecule has 0 bridgehead atoms. The van der Waals surface area contributed by atoms with Gasteiger partial charge in [-0.15, -0.1) is 0 Å². The molecular weight excluding hydrogens is 556 g/mol. The Bertz CT molecular complexity index is 1690. The summed E-state index contributed by atoms with van der Waals surface area (Å²) < 4.78 is 11.7. The summed E-state index contributed by atoms with van der Waals surface area (Å²) in [5.74, 6) is 0.367. The molecule has 0 aliphatic heterocycles. The highest BCUT2D eigenvalue weighted by molar-refractivity contribution is 5.95. The van der Waals surface area contributed by atoms with E-state index in [1.54, 1.807) is 36.4 Å². The molecule has 0 aromatic heterocycles. The monoisotopic (exact) mass is 586 g/mol. The molecule has 8 nitrogen and oxygen atoms in total. The number of benzene rings is 5. The molecule has 0 spiro atoms. The van der Waals surface area contributed by atoms with Crippen LogP contribution in [-0.4, -0.2) is 29.6 Å². The van der Waals surface area contributed by atoms with Gasteiger partial charge in [0.2, 0.25) is 0 Å². The fraction of sp³-hybridized carbons (Fsp3) is 0.0833. The molecule has 5 aromatic rings. The summed E-state index contributed by atoms with van der Waals surface area (Å²) in [4.78, 5) is 38.2. The first-order chi connectivity index (χ1) is 21.4. The minimum absolute atomic E-state index is 0.0153. The minimum Gasteiger partial charge on any atom is -0.481 e. The van der Waals surface area contributed by atoms with Gasteiger partial charge in [-0.25, -0.2) is 4.79 Å². The molecule has 0 radical (unpaired) electrons. The smallest absolute Gasteiger partial charge is 0.420 e. The highest BCUT2D eigenvalue weighted by Crippen LogP contribution is 2.26. The Morgan fingerprint density at radius 1 is 0.636 bits per heavy atom. The Labute approximate surface area is 255 Å². The van der Waals surface area contributed by atoms with Gasteiger partial charge in [0.15, 0.2) is 0 Å². The number of aliphatic carboxylic acids is 1. The molecule has 0 aliphatic rings. The van der Waals surface area contributed by atoms with Crippen molar-refractivity contribution in [3.63, 3.8) is 0 Å². The summed E-state index contributed by atoms with van der Waals surface area (Å²) in [6.45, 7) is 0.206. The van der Waals surface area contributed by atoms with Crippen molar-refractivity contribution in [1.82, 2.24) is 5.32 Å². The molecule has 0 fully saturated rings.